The number of carbonyl (C=O) groups excluding carboxylic acids is 1. The van der Waals surface area contributed by atoms with E-state index in [-0.39, 0.29) is 11.6 Å². The van der Waals surface area contributed by atoms with Crippen LogP contribution in [0.2, 0.25) is 0 Å². The van der Waals surface area contributed by atoms with Crippen LogP contribution < -0.4 is 11.1 Å². The highest BCUT2D eigenvalue weighted by Crippen LogP contribution is 2.12. The average molecular weight is 217 g/mol. The first-order valence-electron chi connectivity index (χ1n) is 4.70. The first-order chi connectivity index (χ1) is 7.68. The Labute approximate surface area is 91.9 Å². The second kappa shape index (κ2) is 4.01. The largest absolute Gasteiger partial charge is 0.397 e. The van der Waals surface area contributed by atoms with Gasteiger partial charge in [-0.15, -0.1) is 0 Å². The zero-order valence-corrected chi connectivity index (χ0v) is 8.69. The smallest absolute Gasteiger partial charge is 0.277 e. The summed E-state index contributed by atoms with van der Waals surface area (Å²) in [5.41, 5.74) is 7.04. The van der Waals surface area contributed by atoms with E-state index in [2.05, 4.69) is 20.5 Å². The molecule has 0 bridgehead atoms. The lowest BCUT2D eigenvalue weighted by Crippen LogP contribution is -2.16. The number of nitrogens with zero attached hydrogens (tertiary/aromatic N) is 2. The molecule has 2 heterocycles. The van der Waals surface area contributed by atoms with Gasteiger partial charge in [0.25, 0.3) is 5.91 Å². The number of amides is 1. The number of carbonyl (C=O) groups is 1. The molecule has 0 radical (unpaired) electrons. The third-order valence-corrected chi connectivity index (χ3v) is 2.12. The van der Waals surface area contributed by atoms with E-state index in [1.54, 1.807) is 18.3 Å². The molecule has 16 heavy (non-hydrogen) atoms. The molecular formula is C10H11N5O. The number of aryl methyl sites for hydroxylation is 1. The average Bonchev–Trinajstić information content (AvgIpc) is 2.65. The van der Waals surface area contributed by atoms with Gasteiger partial charge in [-0.1, -0.05) is 0 Å². The number of pyridine rings is 1. The molecule has 2 aromatic heterocycles. The summed E-state index contributed by atoms with van der Waals surface area (Å²) in [5, 5.41) is 9.12. The lowest BCUT2D eigenvalue weighted by molar-refractivity contribution is 0.102. The van der Waals surface area contributed by atoms with Crippen LogP contribution in [0.25, 0.3) is 0 Å². The standard InChI is InChI=1S/C10H11N5O/c1-6-5-13-15-9(6)14-10(16)8-7(11)3-2-4-12-8/h2-5H,11H2,1H3,(H2,13,14,15,16). The molecule has 0 unspecified atom stereocenters. The van der Waals surface area contributed by atoms with Crippen LogP contribution in [0.1, 0.15) is 16.1 Å². The van der Waals surface area contributed by atoms with Crippen molar-refractivity contribution >= 4 is 17.4 Å². The van der Waals surface area contributed by atoms with E-state index in [4.69, 9.17) is 5.73 Å². The van der Waals surface area contributed by atoms with Gasteiger partial charge in [-0.2, -0.15) is 5.10 Å². The molecule has 6 nitrogen and oxygen atoms in total. The molecule has 2 rings (SSSR count). The van der Waals surface area contributed by atoms with Crippen LogP contribution in [0.5, 0.6) is 0 Å². The molecule has 0 aliphatic carbocycles. The zero-order valence-electron chi connectivity index (χ0n) is 8.69. The molecule has 0 saturated carbocycles. The van der Waals surface area contributed by atoms with Gasteiger partial charge in [0.05, 0.1) is 11.9 Å². The quantitative estimate of drug-likeness (QED) is 0.697. The highest BCUT2D eigenvalue weighted by atomic mass is 16.2. The summed E-state index contributed by atoms with van der Waals surface area (Å²) < 4.78 is 0. The maximum atomic E-state index is 11.8. The summed E-state index contributed by atoms with van der Waals surface area (Å²) >= 11 is 0. The number of nitrogens with two attached hydrogens (primary N) is 1. The van der Waals surface area contributed by atoms with Crippen LogP contribution >= 0.6 is 0 Å². The van der Waals surface area contributed by atoms with E-state index in [1.165, 1.54) is 6.20 Å². The Balaban J connectivity index is 2.22. The third-order valence-electron chi connectivity index (χ3n) is 2.12. The van der Waals surface area contributed by atoms with Crippen LogP contribution in [0, 0.1) is 6.92 Å². The molecule has 0 spiro atoms. The predicted octanol–water partition coefficient (Wildman–Crippen LogP) is 0.948. The van der Waals surface area contributed by atoms with E-state index >= 15 is 0 Å². The van der Waals surface area contributed by atoms with Gasteiger partial charge in [-0.25, -0.2) is 4.98 Å². The molecule has 0 aromatic carbocycles. The van der Waals surface area contributed by atoms with Crippen molar-refractivity contribution in [3.63, 3.8) is 0 Å². The summed E-state index contributed by atoms with van der Waals surface area (Å²) in [6, 6.07) is 3.30. The summed E-state index contributed by atoms with van der Waals surface area (Å²) in [7, 11) is 0. The van der Waals surface area contributed by atoms with Crippen LogP contribution in [0.4, 0.5) is 11.5 Å². The number of aromatic nitrogens is 3. The second-order valence-electron chi connectivity index (χ2n) is 3.32. The molecule has 4 N–H and O–H groups in total. The first kappa shape index (κ1) is 10.2. The number of aromatic amines is 1. The number of hydrogen-bond donors (Lipinski definition) is 3. The van der Waals surface area contributed by atoms with E-state index in [9.17, 15) is 4.79 Å². The zero-order chi connectivity index (χ0) is 11.5. The van der Waals surface area contributed by atoms with Gasteiger partial charge in [0.15, 0.2) is 5.69 Å². The predicted molar refractivity (Wildman–Crippen MR) is 59.9 cm³/mol. The summed E-state index contributed by atoms with van der Waals surface area (Å²) in [4.78, 5) is 15.7. The highest BCUT2D eigenvalue weighted by molar-refractivity contribution is 6.05. The van der Waals surface area contributed by atoms with E-state index in [0.29, 0.717) is 11.5 Å². The monoisotopic (exact) mass is 217 g/mol. The number of H-pyrrole nitrogens is 1. The fraction of sp³-hybridized carbons (Fsp3) is 0.100. The summed E-state index contributed by atoms with van der Waals surface area (Å²) in [6.45, 7) is 1.83. The van der Waals surface area contributed by atoms with Gasteiger partial charge in [0.2, 0.25) is 0 Å². The highest BCUT2D eigenvalue weighted by Gasteiger charge is 2.12. The molecule has 0 aliphatic heterocycles. The normalized spacial score (nSPS) is 10.1. The van der Waals surface area contributed by atoms with Crippen LogP contribution in [0.15, 0.2) is 24.5 Å². The fourth-order valence-corrected chi connectivity index (χ4v) is 1.25. The molecule has 0 fully saturated rings. The number of nitrogens with one attached hydrogen (secondary N) is 2. The Kier molecular flexibility index (Phi) is 2.55. The van der Waals surface area contributed by atoms with E-state index in [1.807, 2.05) is 6.92 Å². The molecule has 1 amide bonds. The van der Waals surface area contributed by atoms with Crippen molar-refractivity contribution in [1.29, 1.82) is 0 Å². The van der Waals surface area contributed by atoms with Gasteiger partial charge in [0.1, 0.15) is 5.82 Å². The molecule has 2 aromatic rings. The Bertz CT molecular complexity index is 519. The van der Waals surface area contributed by atoms with Gasteiger partial charge in [-0.05, 0) is 19.1 Å². The van der Waals surface area contributed by atoms with Crippen LogP contribution in [-0.4, -0.2) is 21.1 Å². The van der Waals surface area contributed by atoms with Crippen molar-refractivity contribution in [2.75, 3.05) is 11.1 Å². The fourth-order valence-electron chi connectivity index (χ4n) is 1.25. The SMILES string of the molecule is Cc1cn[nH]c1NC(=O)c1ncccc1N. The van der Waals surface area contributed by atoms with Crippen molar-refractivity contribution in [2.45, 2.75) is 6.92 Å². The molecule has 0 saturated heterocycles. The third kappa shape index (κ3) is 1.85. The first-order valence-corrected chi connectivity index (χ1v) is 4.70. The molecule has 6 heteroatoms. The minimum absolute atomic E-state index is 0.205. The number of nitrogen functional groups attached to an aromatic ring is 1. The number of hydrogen-bond acceptors (Lipinski definition) is 4. The Morgan fingerprint density at radius 2 is 2.38 bits per heavy atom. The minimum Gasteiger partial charge on any atom is -0.397 e. The van der Waals surface area contributed by atoms with Gasteiger partial charge in [0, 0.05) is 11.8 Å². The second-order valence-corrected chi connectivity index (χ2v) is 3.32. The van der Waals surface area contributed by atoms with Crippen molar-refractivity contribution < 1.29 is 4.79 Å². The van der Waals surface area contributed by atoms with Crippen LogP contribution in [0.3, 0.4) is 0 Å². The van der Waals surface area contributed by atoms with Crippen molar-refractivity contribution in [3.8, 4) is 0 Å². The molecule has 82 valence electrons. The lowest BCUT2D eigenvalue weighted by atomic mass is 10.3. The Hall–Kier alpha value is -2.37. The van der Waals surface area contributed by atoms with E-state index < -0.39 is 0 Å². The number of anilines is 2. The lowest BCUT2D eigenvalue weighted by Gasteiger charge is -2.04. The topological polar surface area (TPSA) is 96.7 Å². The van der Waals surface area contributed by atoms with Crippen LogP contribution in [-0.2, 0) is 0 Å². The molecule has 0 atom stereocenters. The van der Waals surface area contributed by atoms with Gasteiger partial charge >= 0.3 is 0 Å². The van der Waals surface area contributed by atoms with Gasteiger partial charge in [-0.3, -0.25) is 9.89 Å². The number of rotatable bonds is 2. The Morgan fingerprint density at radius 1 is 1.56 bits per heavy atom. The Morgan fingerprint density at radius 3 is 3.00 bits per heavy atom. The molecule has 0 aliphatic rings. The van der Waals surface area contributed by atoms with Crippen molar-refractivity contribution in [2.24, 2.45) is 0 Å². The van der Waals surface area contributed by atoms with Crippen molar-refractivity contribution in [1.82, 2.24) is 15.2 Å². The van der Waals surface area contributed by atoms with E-state index in [0.717, 1.165) is 5.56 Å². The summed E-state index contributed by atoms with van der Waals surface area (Å²) in [6.07, 6.45) is 3.14. The van der Waals surface area contributed by atoms with Crippen molar-refractivity contribution in [3.05, 3.63) is 35.8 Å². The van der Waals surface area contributed by atoms with Gasteiger partial charge < -0.3 is 11.1 Å². The summed E-state index contributed by atoms with van der Waals surface area (Å²) in [5.74, 6) is 0.195. The maximum Gasteiger partial charge on any atom is 0.277 e. The molecular weight excluding hydrogens is 206 g/mol. The maximum absolute atomic E-state index is 11.8. The minimum atomic E-state index is -0.356.